The molecule has 14 heavy (non-hydrogen) atoms. The summed E-state index contributed by atoms with van der Waals surface area (Å²) in [5.41, 5.74) is 0.333. The average molecular weight is 196 g/mol. The molecule has 0 aromatic carbocycles. The lowest BCUT2D eigenvalue weighted by Gasteiger charge is -2.37. The van der Waals surface area contributed by atoms with Gasteiger partial charge in [0.05, 0.1) is 0 Å². The van der Waals surface area contributed by atoms with E-state index in [4.69, 9.17) is 0 Å². The van der Waals surface area contributed by atoms with Gasteiger partial charge < -0.3 is 9.80 Å². The Bertz CT molecular complexity index is 241. The minimum Gasteiger partial charge on any atom is -0.346 e. The van der Waals surface area contributed by atoms with E-state index in [2.05, 4.69) is 11.8 Å². The monoisotopic (exact) mass is 196 g/mol. The van der Waals surface area contributed by atoms with Crippen molar-refractivity contribution in [2.45, 2.75) is 26.2 Å². The third-order valence-corrected chi connectivity index (χ3v) is 3.89. The number of likely N-dealkylation sites (tertiary alicyclic amines) is 2. The van der Waals surface area contributed by atoms with Gasteiger partial charge in [0.2, 0.25) is 5.91 Å². The summed E-state index contributed by atoms with van der Waals surface area (Å²) in [5, 5.41) is 0. The van der Waals surface area contributed by atoms with Crippen LogP contribution in [0.5, 0.6) is 0 Å². The zero-order valence-corrected chi connectivity index (χ0v) is 9.25. The van der Waals surface area contributed by atoms with Crippen molar-refractivity contribution in [1.82, 2.24) is 9.80 Å². The van der Waals surface area contributed by atoms with E-state index in [0.717, 1.165) is 26.1 Å². The van der Waals surface area contributed by atoms with Crippen LogP contribution in [0.25, 0.3) is 0 Å². The summed E-state index contributed by atoms with van der Waals surface area (Å²) < 4.78 is 0. The van der Waals surface area contributed by atoms with Crippen LogP contribution in [0.3, 0.4) is 0 Å². The lowest BCUT2D eigenvalue weighted by molar-refractivity contribution is -0.136. The minimum atomic E-state index is 0.333. The SMILES string of the molecule is CCN1CCC2(CCN(C)C(=O)C2)C1. The van der Waals surface area contributed by atoms with Gasteiger partial charge in [0.15, 0.2) is 0 Å². The summed E-state index contributed by atoms with van der Waals surface area (Å²) >= 11 is 0. The van der Waals surface area contributed by atoms with Crippen molar-refractivity contribution in [3.05, 3.63) is 0 Å². The molecule has 0 aliphatic carbocycles. The van der Waals surface area contributed by atoms with Gasteiger partial charge in [0.1, 0.15) is 0 Å². The third-order valence-electron chi connectivity index (χ3n) is 3.89. The van der Waals surface area contributed by atoms with E-state index < -0.39 is 0 Å². The third kappa shape index (κ3) is 1.65. The van der Waals surface area contributed by atoms with Crippen LogP contribution in [0.1, 0.15) is 26.2 Å². The Morgan fingerprint density at radius 3 is 2.64 bits per heavy atom. The molecule has 3 nitrogen and oxygen atoms in total. The van der Waals surface area contributed by atoms with Crippen LogP contribution >= 0.6 is 0 Å². The molecular formula is C11H20N2O. The molecule has 0 bridgehead atoms. The maximum atomic E-state index is 11.7. The molecule has 0 aromatic heterocycles. The van der Waals surface area contributed by atoms with Gasteiger partial charge in [-0.25, -0.2) is 0 Å². The smallest absolute Gasteiger partial charge is 0.222 e. The maximum absolute atomic E-state index is 11.7. The Kier molecular flexibility index (Phi) is 2.52. The Morgan fingerprint density at radius 2 is 2.07 bits per heavy atom. The molecule has 0 N–H and O–H groups in total. The molecule has 1 amide bonds. The molecule has 2 saturated heterocycles. The van der Waals surface area contributed by atoms with Crippen LogP contribution in [0.2, 0.25) is 0 Å². The largest absolute Gasteiger partial charge is 0.346 e. The normalized spacial score (nSPS) is 34.4. The Morgan fingerprint density at radius 1 is 1.36 bits per heavy atom. The molecule has 1 spiro atoms. The first kappa shape index (κ1) is 9.97. The molecule has 0 saturated carbocycles. The summed E-state index contributed by atoms with van der Waals surface area (Å²) in [6, 6.07) is 0. The fourth-order valence-corrected chi connectivity index (χ4v) is 2.72. The van der Waals surface area contributed by atoms with Gasteiger partial charge in [-0.1, -0.05) is 6.92 Å². The van der Waals surface area contributed by atoms with Crippen LogP contribution in [-0.4, -0.2) is 48.9 Å². The minimum absolute atomic E-state index is 0.333. The highest BCUT2D eigenvalue weighted by molar-refractivity contribution is 5.77. The second-order valence-corrected chi connectivity index (χ2v) is 4.86. The molecule has 1 unspecified atom stereocenters. The van der Waals surface area contributed by atoms with Crippen LogP contribution in [0, 0.1) is 5.41 Å². The van der Waals surface area contributed by atoms with Crippen molar-refractivity contribution in [3.8, 4) is 0 Å². The lowest BCUT2D eigenvalue weighted by atomic mass is 9.77. The number of carbonyl (C=O) groups is 1. The first-order chi connectivity index (χ1) is 6.65. The molecule has 1 atom stereocenters. The van der Waals surface area contributed by atoms with Crippen molar-refractivity contribution in [2.75, 3.05) is 33.2 Å². The van der Waals surface area contributed by atoms with Gasteiger partial charge in [-0.15, -0.1) is 0 Å². The van der Waals surface area contributed by atoms with E-state index in [9.17, 15) is 4.79 Å². The van der Waals surface area contributed by atoms with E-state index in [1.807, 2.05) is 11.9 Å². The summed E-state index contributed by atoms with van der Waals surface area (Å²) in [6.07, 6.45) is 3.20. The number of nitrogens with zero attached hydrogens (tertiary/aromatic N) is 2. The number of hydrogen-bond donors (Lipinski definition) is 0. The number of rotatable bonds is 1. The highest BCUT2D eigenvalue weighted by Gasteiger charge is 2.42. The second kappa shape index (κ2) is 3.54. The second-order valence-electron chi connectivity index (χ2n) is 4.86. The first-order valence-electron chi connectivity index (χ1n) is 5.61. The van der Waals surface area contributed by atoms with Crippen LogP contribution in [0.15, 0.2) is 0 Å². The molecule has 0 radical (unpaired) electrons. The maximum Gasteiger partial charge on any atom is 0.222 e. The highest BCUT2D eigenvalue weighted by atomic mass is 16.2. The lowest BCUT2D eigenvalue weighted by Crippen LogP contribution is -2.43. The molecule has 2 rings (SSSR count). The van der Waals surface area contributed by atoms with Crippen molar-refractivity contribution >= 4 is 5.91 Å². The Hall–Kier alpha value is -0.570. The highest BCUT2D eigenvalue weighted by Crippen LogP contribution is 2.40. The van der Waals surface area contributed by atoms with E-state index in [1.165, 1.54) is 19.4 Å². The van der Waals surface area contributed by atoms with Crippen LogP contribution in [-0.2, 0) is 4.79 Å². The van der Waals surface area contributed by atoms with Gasteiger partial charge in [-0.2, -0.15) is 0 Å². The van der Waals surface area contributed by atoms with Gasteiger partial charge in [-0.05, 0) is 31.3 Å². The zero-order chi connectivity index (χ0) is 10.2. The van der Waals surface area contributed by atoms with Gasteiger partial charge in [0.25, 0.3) is 0 Å². The number of piperidine rings is 1. The molecule has 2 heterocycles. The van der Waals surface area contributed by atoms with Gasteiger partial charge >= 0.3 is 0 Å². The van der Waals surface area contributed by atoms with Gasteiger partial charge in [-0.3, -0.25) is 4.79 Å². The fourth-order valence-electron chi connectivity index (χ4n) is 2.72. The summed E-state index contributed by atoms with van der Waals surface area (Å²) in [5.74, 6) is 0.342. The molecule has 3 heteroatoms. The topological polar surface area (TPSA) is 23.6 Å². The quantitative estimate of drug-likeness (QED) is 0.623. The molecule has 0 aromatic rings. The summed E-state index contributed by atoms with van der Waals surface area (Å²) in [6.45, 7) is 6.62. The Balaban J connectivity index is 2.01. The van der Waals surface area contributed by atoms with E-state index >= 15 is 0 Å². The van der Waals surface area contributed by atoms with Crippen molar-refractivity contribution in [1.29, 1.82) is 0 Å². The molecule has 2 aliphatic rings. The summed E-state index contributed by atoms with van der Waals surface area (Å²) in [4.78, 5) is 16.0. The average Bonchev–Trinajstić information content (AvgIpc) is 2.56. The molecule has 80 valence electrons. The van der Waals surface area contributed by atoms with Crippen molar-refractivity contribution < 1.29 is 4.79 Å². The van der Waals surface area contributed by atoms with Crippen LogP contribution in [0.4, 0.5) is 0 Å². The standard InChI is InChI=1S/C11H20N2O/c1-3-13-7-5-11(9-13)4-6-12(2)10(14)8-11/h3-9H2,1-2H3. The van der Waals surface area contributed by atoms with Gasteiger partial charge in [0, 0.05) is 26.6 Å². The van der Waals surface area contributed by atoms with E-state index in [1.54, 1.807) is 0 Å². The zero-order valence-electron chi connectivity index (χ0n) is 9.25. The molecule has 2 aliphatic heterocycles. The Labute approximate surface area is 86.1 Å². The predicted octanol–water partition coefficient (Wildman–Crippen LogP) is 0.951. The number of amides is 1. The number of hydrogen-bond acceptors (Lipinski definition) is 2. The predicted molar refractivity (Wildman–Crippen MR) is 56.0 cm³/mol. The van der Waals surface area contributed by atoms with Crippen molar-refractivity contribution in [3.63, 3.8) is 0 Å². The first-order valence-corrected chi connectivity index (χ1v) is 5.61. The van der Waals surface area contributed by atoms with Crippen molar-refractivity contribution in [2.24, 2.45) is 5.41 Å². The fraction of sp³-hybridized carbons (Fsp3) is 0.909. The van der Waals surface area contributed by atoms with E-state index in [-0.39, 0.29) is 0 Å². The summed E-state index contributed by atoms with van der Waals surface area (Å²) in [7, 11) is 1.92. The molecular weight excluding hydrogens is 176 g/mol. The number of carbonyl (C=O) groups excluding carboxylic acids is 1. The van der Waals surface area contributed by atoms with E-state index in [0.29, 0.717) is 11.3 Å². The molecule has 2 fully saturated rings. The van der Waals surface area contributed by atoms with Crippen LogP contribution < -0.4 is 0 Å².